The number of hydrogen-bond donors (Lipinski definition) is 2. The molecular weight excluding hydrogens is 430 g/mol. The van der Waals surface area contributed by atoms with E-state index in [4.69, 9.17) is 9.47 Å². The summed E-state index contributed by atoms with van der Waals surface area (Å²) in [6, 6.07) is 14.0. The van der Waals surface area contributed by atoms with Crippen molar-refractivity contribution in [2.24, 2.45) is 5.41 Å². The Hall–Kier alpha value is -2.19. The van der Waals surface area contributed by atoms with Crippen molar-refractivity contribution in [3.05, 3.63) is 42.5 Å². The third-order valence-corrected chi connectivity index (χ3v) is 7.57. The third kappa shape index (κ3) is 5.89. The van der Waals surface area contributed by atoms with Crippen molar-refractivity contribution in [2.75, 3.05) is 52.3 Å². The van der Waals surface area contributed by atoms with Crippen molar-refractivity contribution in [1.29, 1.82) is 0 Å². The molecule has 1 amide bonds. The van der Waals surface area contributed by atoms with Gasteiger partial charge in [0.25, 0.3) is 0 Å². The predicted octanol–water partition coefficient (Wildman–Crippen LogP) is 3.32. The second kappa shape index (κ2) is 11.0. The van der Waals surface area contributed by atoms with Gasteiger partial charge < -0.3 is 29.7 Å². The molecule has 1 saturated heterocycles. The zero-order valence-corrected chi connectivity index (χ0v) is 20.7. The highest BCUT2D eigenvalue weighted by Gasteiger charge is 2.51. The van der Waals surface area contributed by atoms with Crippen LogP contribution >= 0.6 is 0 Å². The second-order valence-electron chi connectivity index (χ2n) is 9.90. The van der Waals surface area contributed by atoms with E-state index < -0.39 is 6.29 Å². The molecule has 0 aromatic heterocycles. The molecule has 2 aromatic carbocycles. The minimum Gasteiger partial charge on any atom is -0.391 e. The van der Waals surface area contributed by atoms with E-state index in [0.717, 1.165) is 43.5 Å². The Morgan fingerprint density at radius 1 is 1.18 bits per heavy atom. The van der Waals surface area contributed by atoms with Gasteiger partial charge >= 0.3 is 0 Å². The van der Waals surface area contributed by atoms with Gasteiger partial charge in [-0.05, 0) is 74.0 Å². The quantitative estimate of drug-likeness (QED) is 0.492. The lowest BCUT2D eigenvalue weighted by Crippen LogP contribution is -2.48. The van der Waals surface area contributed by atoms with Crippen LogP contribution in [0.3, 0.4) is 0 Å². The first-order chi connectivity index (χ1) is 16.4. The Labute approximate surface area is 203 Å². The summed E-state index contributed by atoms with van der Waals surface area (Å²) in [4.78, 5) is 17.6. The first kappa shape index (κ1) is 24.9. The molecule has 1 heterocycles. The number of hydrogen-bond acceptors (Lipinski definition) is 6. The minimum atomic E-state index is -0.469. The van der Waals surface area contributed by atoms with Gasteiger partial charge in [-0.2, -0.15) is 0 Å². The molecule has 2 fully saturated rings. The van der Waals surface area contributed by atoms with Gasteiger partial charge in [0.05, 0.1) is 12.6 Å². The number of piperidine rings is 1. The molecule has 2 N–H and O–H groups in total. The lowest BCUT2D eigenvalue weighted by molar-refractivity contribution is -0.146. The van der Waals surface area contributed by atoms with E-state index in [1.807, 2.05) is 30.0 Å². The average Bonchev–Trinajstić information content (AvgIpc) is 3.64. The van der Waals surface area contributed by atoms with Crippen LogP contribution in [0.1, 0.15) is 32.6 Å². The number of β-amino-alcohol motifs (C(OH)–C–C–N with tert-alkyl or cyclic N) is 1. The molecule has 2 atom stereocenters. The number of rotatable bonds is 11. The smallest absolute Gasteiger partial charge is 0.244 e. The number of nitrogens with one attached hydrogen (secondary N) is 1. The molecule has 2 aromatic rings. The van der Waals surface area contributed by atoms with Crippen LogP contribution in [0.4, 0.5) is 5.69 Å². The fraction of sp³-hybridized carbons (Fsp3) is 0.593. The van der Waals surface area contributed by atoms with E-state index in [2.05, 4.69) is 34.5 Å². The highest BCUT2D eigenvalue weighted by atomic mass is 16.7. The molecule has 1 aliphatic heterocycles. The molecule has 0 bridgehead atoms. The van der Waals surface area contributed by atoms with Crippen LogP contribution in [0.2, 0.25) is 0 Å². The summed E-state index contributed by atoms with van der Waals surface area (Å²) in [6.07, 6.45) is 3.58. The first-order valence-electron chi connectivity index (χ1n) is 12.4. The third-order valence-electron chi connectivity index (χ3n) is 7.57. The number of fused-ring (bicyclic) bond motifs is 1. The van der Waals surface area contributed by atoms with Crippen LogP contribution in [-0.4, -0.2) is 86.2 Å². The molecule has 4 rings (SSSR count). The average molecular weight is 470 g/mol. The zero-order valence-electron chi connectivity index (χ0n) is 20.7. The molecule has 0 radical (unpaired) electrons. The number of methoxy groups -OCH3 is 2. The Balaban J connectivity index is 1.34. The molecule has 2 unspecified atom stereocenters. The highest BCUT2D eigenvalue weighted by Crippen LogP contribution is 2.53. The number of anilines is 1. The van der Waals surface area contributed by atoms with E-state index in [1.54, 1.807) is 14.2 Å². The van der Waals surface area contributed by atoms with Crippen molar-refractivity contribution in [3.8, 4) is 0 Å². The van der Waals surface area contributed by atoms with Crippen LogP contribution < -0.4 is 5.32 Å². The monoisotopic (exact) mass is 469 g/mol. The Bertz CT molecular complexity index is 960. The van der Waals surface area contributed by atoms with Crippen molar-refractivity contribution in [2.45, 2.75) is 51.0 Å². The number of aliphatic hydroxyl groups is 1. The standard InChI is InChI=1S/C27H39N3O4/c1-20(28-23-10-9-21-7-4-5-8-22(21)17-23)26(32)30(19-25(33-2)34-3)15-6-14-29-16-13-27(11-12-27)24(31)18-29/h4-5,7-10,17,20,24-25,28,31H,6,11-16,18-19H2,1-3H3. The van der Waals surface area contributed by atoms with Gasteiger partial charge in [0, 0.05) is 33.0 Å². The Morgan fingerprint density at radius 2 is 1.91 bits per heavy atom. The maximum Gasteiger partial charge on any atom is 0.244 e. The van der Waals surface area contributed by atoms with E-state index in [1.165, 1.54) is 18.2 Å². The molecule has 34 heavy (non-hydrogen) atoms. The van der Waals surface area contributed by atoms with Crippen LogP contribution in [-0.2, 0) is 14.3 Å². The molecule has 1 saturated carbocycles. The normalized spacial score (nSPS) is 20.6. The van der Waals surface area contributed by atoms with Gasteiger partial charge in [0.15, 0.2) is 6.29 Å². The van der Waals surface area contributed by atoms with Gasteiger partial charge in [0.1, 0.15) is 6.04 Å². The number of nitrogens with zero attached hydrogens (tertiary/aromatic N) is 2. The van der Waals surface area contributed by atoms with Crippen LogP contribution in [0.15, 0.2) is 42.5 Å². The van der Waals surface area contributed by atoms with Gasteiger partial charge in [0.2, 0.25) is 5.91 Å². The summed E-state index contributed by atoms with van der Waals surface area (Å²) in [6.45, 7) is 5.53. The number of carbonyl (C=O) groups excluding carboxylic acids is 1. The summed E-state index contributed by atoms with van der Waals surface area (Å²) >= 11 is 0. The number of likely N-dealkylation sites (tertiary alicyclic amines) is 1. The van der Waals surface area contributed by atoms with Gasteiger partial charge in [-0.1, -0.05) is 30.3 Å². The van der Waals surface area contributed by atoms with E-state index >= 15 is 0 Å². The number of carbonyl (C=O) groups is 1. The maximum absolute atomic E-state index is 13.4. The van der Waals surface area contributed by atoms with Gasteiger partial charge in [-0.15, -0.1) is 0 Å². The largest absolute Gasteiger partial charge is 0.391 e. The van der Waals surface area contributed by atoms with E-state index in [9.17, 15) is 9.90 Å². The fourth-order valence-corrected chi connectivity index (χ4v) is 5.09. The summed E-state index contributed by atoms with van der Waals surface area (Å²) in [5, 5.41) is 16.2. The van der Waals surface area contributed by atoms with Gasteiger partial charge in [-0.25, -0.2) is 0 Å². The van der Waals surface area contributed by atoms with E-state index in [-0.39, 0.29) is 23.5 Å². The Morgan fingerprint density at radius 3 is 2.59 bits per heavy atom. The summed E-state index contributed by atoms with van der Waals surface area (Å²) in [5.41, 5.74) is 1.14. The summed E-state index contributed by atoms with van der Waals surface area (Å²) in [7, 11) is 3.19. The van der Waals surface area contributed by atoms with Gasteiger partial charge in [-0.3, -0.25) is 4.79 Å². The minimum absolute atomic E-state index is 0.0165. The molecule has 186 valence electrons. The van der Waals surface area contributed by atoms with Crippen molar-refractivity contribution in [1.82, 2.24) is 9.80 Å². The molecule has 7 nitrogen and oxygen atoms in total. The molecule has 7 heteroatoms. The summed E-state index contributed by atoms with van der Waals surface area (Å²) < 4.78 is 10.8. The van der Waals surface area contributed by atoms with Crippen LogP contribution in [0, 0.1) is 5.41 Å². The van der Waals surface area contributed by atoms with Crippen molar-refractivity contribution >= 4 is 22.4 Å². The predicted molar refractivity (Wildman–Crippen MR) is 135 cm³/mol. The van der Waals surface area contributed by atoms with Crippen LogP contribution in [0.25, 0.3) is 10.8 Å². The highest BCUT2D eigenvalue weighted by molar-refractivity contribution is 5.88. The number of benzene rings is 2. The number of ether oxygens (including phenoxy) is 2. The zero-order chi connectivity index (χ0) is 24.1. The van der Waals surface area contributed by atoms with Crippen molar-refractivity contribution in [3.63, 3.8) is 0 Å². The number of amides is 1. The molecular formula is C27H39N3O4. The molecule has 1 aliphatic carbocycles. The lowest BCUT2D eigenvalue weighted by atomic mass is 9.90. The topological polar surface area (TPSA) is 74.3 Å². The molecule has 2 aliphatic rings. The maximum atomic E-state index is 13.4. The fourth-order valence-electron chi connectivity index (χ4n) is 5.09. The second-order valence-corrected chi connectivity index (χ2v) is 9.90. The van der Waals surface area contributed by atoms with Crippen molar-refractivity contribution < 1.29 is 19.4 Å². The van der Waals surface area contributed by atoms with Crippen LogP contribution in [0.5, 0.6) is 0 Å². The Kier molecular flexibility index (Phi) is 8.09. The lowest BCUT2D eigenvalue weighted by Gasteiger charge is -2.37. The van der Waals surface area contributed by atoms with E-state index in [0.29, 0.717) is 13.1 Å². The molecule has 1 spiro atoms. The number of aliphatic hydroxyl groups excluding tert-OH is 1. The SMILES string of the molecule is COC(CN(CCCN1CCC2(CC2)C(O)C1)C(=O)C(C)Nc1ccc2ccccc2c1)OC. The first-order valence-corrected chi connectivity index (χ1v) is 12.4. The summed E-state index contributed by atoms with van der Waals surface area (Å²) in [5.74, 6) is 0.0165.